The van der Waals surface area contributed by atoms with Gasteiger partial charge in [-0.3, -0.25) is 0 Å². The minimum Gasteiger partial charge on any atom is -0.391 e. The van der Waals surface area contributed by atoms with Crippen molar-refractivity contribution in [2.24, 2.45) is 0 Å². The Morgan fingerprint density at radius 3 is 1.66 bits per heavy atom. The zero-order valence-electron chi connectivity index (χ0n) is 21.7. The van der Waals surface area contributed by atoms with Gasteiger partial charge in [-0.1, -0.05) is 90.4 Å². The minimum absolute atomic E-state index is 0.274. The fraction of sp³-hybridized carbons (Fsp3) is 1.00. The lowest BCUT2D eigenvalue weighted by atomic mass is 10.0. The van der Waals surface area contributed by atoms with E-state index in [0.29, 0.717) is 26.2 Å². The first-order chi connectivity index (χ1) is 15.3. The van der Waals surface area contributed by atoms with Gasteiger partial charge in [-0.2, -0.15) is 0 Å². The Labute approximate surface area is 200 Å². The number of rotatable bonds is 25. The standard InChI is InChI=1S/C25H55NO5P/c1-5-6-7-8-9-10-11-12-13-14-15-16-17-18-21-29-24-25(27)19-22-30-32(28)31-23-20-26(2,3)4/h25,27-28H,5-24H2,1-4H3/q+1. The smallest absolute Gasteiger partial charge is 0.330 e. The Morgan fingerprint density at radius 1 is 0.688 bits per heavy atom. The molecule has 0 aliphatic carbocycles. The molecule has 0 aromatic heterocycles. The number of likely N-dealkylation sites (N-methyl/N-ethyl adjacent to an activating group) is 1. The van der Waals surface area contributed by atoms with Crippen LogP contribution < -0.4 is 0 Å². The molecule has 0 fully saturated rings. The quantitative estimate of drug-likeness (QED) is 0.0926. The summed E-state index contributed by atoms with van der Waals surface area (Å²) in [6, 6.07) is 0. The lowest BCUT2D eigenvalue weighted by Crippen LogP contribution is -2.37. The number of aliphatic hydroxyl groups excluding tert-OH is 1. The van der Waals surface area contributed by atoms with Crippen LogP contribution in [0.25, 0.3) is 0 Å². The van der Waals surface area contributed by atoms with Crippen LogP contribution in [-0.4, -0.2) is 74.7 Å². The van der Waals surface area contributed by atoms with E-state index in [2.05, 4.69) is 28.1 Å². The monoisotopic (exact) mass is 480 g/mol. The highest BCUT2D eigenvalue weighted by molar-refractivity contribution is 7.40. The summed E-state index contributed by atoms with van der Waals surface area (Å²) >= 11 is 0. The number of unbranched alkanes of at least 4 members (excludes halogenated alkanes) is 13. The van der Waals surface area contributed by atoms with Gasteiger partial charge in [0, 0.05) is 6.61 Å². The van der Waals surface area contributed by atoms with Crippen LogP contribution >= 0.6 is 8.60 Å². The second kappa shape index (κ2) is 23.0. The van der Waals surface area contributed by atoms with Gasteiger partial charge in [0.15, 0.2) is 0 Å². The SMILES string of the molecule is CCCCCCCCCCCCCCCCOCC(O)CCOP(O)OCC[N+](C)(C)C. The largest absolute Gasteiger partial charge is 0.391 e. The number of hydrogen-bond acceptors (Lipinski definition) is 5. The van der Waals surface area contributed by atoms with Crippen LogP contribution in [0.2, 0.25) is 0 Å². The molecule has 2 N–H and O–H groups in total. The number of hydrogen-bond donors (Lipinski definition) is 2. The lowest BCUT2D eigenvalue weighted by molar-refractivity contribution is -0.870. The van der Waals surface area contributed by atoms with Crippen molar-refractivity contribution in [1.82, 2.24) is 0 Å². The molecule has 2 unspecified atom stereocenters. The molecule has 6 nitrogen and oxygen atoms in total. The Hall–Kier alpha value is 0.190. The molecular weight excluding hydrogens is 425 g/mol. The summed E-state index contributed by atoms with van der Waals surface area (Å²) in [5, 5.41) is 9.94. The molecule has 2 atom stereocenters. The average Bonchev–Trinajstić information content (AvgIpc) is 2.72. The molecule has 0 bridgehead atoms. The third-order valence-corrected chi connectivity index (χ3v) is 6.38. The molecule has 0 aliphatic heterocycles. The summed E-state index contributed by atoms with van der Waals surface area (Å²) in [5.41, 5.74) is 0. The van der Waals surface area contributed by atoms with E-state index in [1.807, 2.05) is 0 Å². The maximum Gasteiger partial charge on any atom is 0.330 e. The normalized spacial score (nSPS) is 14.1. The highest BCUT2D eigenvalue weighted by Crippen LogP contribution is 2.32. The van der Waals surface area contributed by atoms with Crippen LogP contribution in [0.5, 0.6) is 0 Å². The maximum atomic E-state index is 9.94. The highest BCUT2D eigenvalue weighted by Gasteiger charge is 2.12. The molecule has 194 valence electrons. The van der Waals surface area contributed by atoms with Crippen molar-refractivity contribution in [3.05, 3.63) is 0 Å². The predicted molar refractivity (Wildman–Crippen MR) is 136 cm³/mol. The topological polar surface area (TPSA) is 68.2 Å². The van der Waals surface area contributed by atoms with E-state index in [0.717, 1.165) is 17.4 Å². The van der Waals surface area contributed by atoms with Crippen LogP contribution in [0.4, 0.5) is 0 Å². The van der Waals surface area contributed by atoms with Gasteiger partial charge >= 0.3 is 8.60 Å². The van der Waals surface area contributed by atoms with Gasteiger partial charge in [-0.25, -0.2) is 0 Å². The fourth-order valence-electron chi connectivity index (χ4n) is 3.40. The Kier molecular flexibility index (Phi) is 23.1. The van der Waals surface area contributed by atoms with E-state index >= 15 is 0 Å². The summed E-state index contributed by atoms with van der Waals surface area (Å²) in [6.45, 7) is 4.84. The second-order valence-electron chi connectivity index (χ2n) is 10.0. The summed E-state index contributed by atoms with van der Waals surface area (Å²) in [5.74, 6) is 0. The highest BCUT2D eigenvalue weighted by atomic mass is 31.2. The molecule has 32 heavy (non-hydrogen) atoms. The first-order valence-electron chi connectivity index (χ1n) is 13.2. The van der Waals surface area contributed by atoms with Crippen molar-refractivity contribution in [1.29, 1.82) is 0 Å². The van der Waals surface area contributed by atoms with Crippen LogP contribution in [0.15, 0.2) is 0 Å². The first-order valence-corrected chi connectivity index (χ1v) is 14.3. The molecule has 7 heteroatoms. The number of ether oxygens (including phenoxy) is 1. The Bertz CT molecular complexity index is 382. The molecule has 0 aliphatic rings. The molecule has 0 saturated heterocycles. The van der Waals surface area contributed by atoms with Crippen LogP contribution in [0.1, 0.15) is 103 Å². The van der Waals surface area contributed by atoms with Crippen molar-refractivity contribution in [3.8, 4) is 0 Å². The van der Waals surface area contributed by atoms with Crippen molar-refractivity contribution >= 4 is 8.60 Å². The molecule has 0 amide bonds. The molecular formula is C25H55NO5P+. The first kappa shape index (κ1) is 32.2. The van der Waals surface area contributed by atoms with Crippen molar-refractivity contribution in [2.75, 3.05) is 54.1 Å². The summed E-state index contributed by atoms with van der Waals surface area (Å²) in [7, 11) is 4.34. The predicted octanol–water partition coefficient (Wildman–Crippen LogP) is 6.19. The number of aliphatic hydroxyl groups is 1. The summed E-state index contributed by atoms with van der Waals surface area (Å²) < 4.78 is 16.8. The van der Waals surface area contributed by atoms with E-state index in [-0.39, 0.29) is 6.61 Å². The second-order valence-corrected chi connectivity index (χ2v) is 11.0. The lowest BCUT2D eigenvalue weighted by Gasteiger charge is -2.23. The third-order valence-electron chi connectivity index (χ3n) is 5.57. The zero-order valence-corrected chi connectivity index (χ0v) is 22.6. The van der Waals surface area contributed by atoms with Gasteiger partial charge < -0.3 is 28.3 Å². The van der Waals surface area contributed by atoms with Crippen LogP contribution in [0.3, 0.4) is 0 Å². The van der Waals surface area contributed by atoms with Gasteiger partial charge in [0.25, 0.3) is 0 Å². The van der Waals surface area contributed by atoms with E-state index < -0.39 is 14.7 Å². The molecule has 0 aromatic carbocycles. The van der Waals surface area contributed by atoms with Gasteiger partial charge in [0.1, 0.15) is 13.2 Å². The molecule has 0 saturated carbocycles. The van der Waals surface area contributed by atoms with Crippen molar-refractivity contribution in [2.45, 2.75) is 109 Å². The van der Waals surface area contributed by atoms with Gasteiger partial charge in [-0.05, 0) is 12.8 Å². The maximum absolute atomic E-state index is 9.94. The minimum atomic E-state index is -1.86. The summed E-state index contributed by atoms with van der Waals surface area (Å²) in [6.07, 6.45) is 18.8. The molecule has 0 heterocycles. The van der Waals surface area contributed by atoms with Crippen LogP contribution in [-0.2, 0) is 13.8 Å². The fourth-order valence-corrected chi connectivity index (χ4v) is 3.97. The molecule has 0 rings (SSSR count). The third kappa shape index (κ3) is 26.4. The molecule has 0 aromatic rings. The van der Waals surface area contributed by atoms with Gasteiger partial charge in [-0.15, -0.1) is 0 Å². The summed E-state index contributed by atoms with van der Waals surface area (Å²) in [4.78, 5) is 9.68. The van der Waals surface area contributed by atoms with E-state index in [9.17, 15) is 10.00 Å². The van der Waals surface area contributed by atoms with Crippen LogP contribution in [0, 0.1) is 0 Å². The molecule has 0 radical (unpaired) electrons. The number of nitrogens with zero attached hydrogens (tertiary/aromatic N) is 1. The Morgan fingerprint density at radius 2 is 1.16 bits per heavy atom. The van der Waals surface area contributed by atoms with Crippen molar-refractivity contribution in [3.63, 3.8) is 0 Å². The van der Waals surface area contributed by atoms with E-state index in [4.69, 9.17) is 13.8 Å². The van der Waals surface area contributed by atoms with Crippen molar-refractivity contribution < 1.29 is 28.3 Å². The average molecular weight is 481 g/mol. The Balaban J connectivity index is 3.27. The van der Waals surface area contributed by atoms with Gasteiger partial charge in [0.2, 0.25) is 0 Å². The van der Waals surface area contributed by atoms with Gasteiger partial charge in [0.05, 0.1) is 40.5 Å². The van der Waals surface area contributed by atoms with E-state index in [1.54, 1.807) is 0 Å². The number of quaternary nitrogens is 1. The zero-order chi connectivity index (χ0) is 23.9. The molecule has 0 spiro atoms. The van der Waals surface area contributed by atoms with E-state index in [1.165, 1.54) is 83.5 Å².